The zero-order chi connectivity index (χ0) is 15.2. The van der Waals surface area contributed by atoms with Crippen LogP contribution in [0.4, 0.5) is 5.69 Å². The highest BCUT2D eigenvalue weighted by Crippen LogP contribution is 2.18. The van der Waals surface area contributed by atoms with Gasteiger partial charge in [0.15, 0.2) is 0 Å². The second-order valence-corrected chi connectivity index (χ2v) is 4.96. The minimum atomic E-state index is -0.551. The number of rotatable bonds is 4. The van der Waals surface area contributed by atoms with E-state index < -0.39 is 10.8 Å². The largest absolute Gasteiger partial charge is 0.349 e. The number of hydrogen-bond donors (Lipinski definition) is 1. The van der Waals surface area contributed by atoms with Crippen molar-refractivity contribution in [1.29, 1.82) is 5.26 Å². The molecule has 0 radical (unpaired) electrons. The molecule has 1 aromatic carbocycles. The van der Waals surface area contributed by atoms with E-state index in [1.807, 2.05) is 4.90 Å². The first-order valence-electron chi connectivity index (χ1n) is 6.75. The van der Waals surface area contributed by atoms with Crippen LogP contribution in [0.5, 0.6) is 0 Å². The lowest BCUT2D eigenvalue weighted by Crippen LogP contribution is -2.44. The first-order valence-corrected chi connectivity index (χ1v) is 6.75. The summed E-state index contributed by atoms with van der Waals surface area (Å²) in [5.41, 5.74) is -0.0983. The number of amides is 1. The summed E-state index contributed by atoms with van der Waals surface area (Å²) < 4.78 is 0. The quantitative estimate of drug-likeness (QED) is 0.511. The van der Waals surface area contributed by atoms with Gasteiger partial charge < -0.3 is 5.32 Å². The van der Waals surface area contributed by atoms with E-state index in [4.69, 9.17) is 5.26 Å². The number of likely N-dealkylation sites (tertiary alicyclic amines) is 1. The van der Waals surface area contributed by atoms with E-state index in [0.29, 0.717) is 6.54 Å². The summed E-state index contributed by atoms with van der Waals surface area (Å²) in [6, 6.07) is 8.02. The molecule has 110 valence electrons. The van der Waals surface area contributed by atoms with Gasteiger partial charge in [0.2, 0.25) is 0 Å². The third-order valence-electron chi connectivity index (χ3n) is 3.56. The summed E-state index contributed by atoms with van der Waals surface area (Å²) in [7, 11) is 0. The van der Waals surface area contributed by atoms with Crippen LogP contribution < -0.4 is 5.32 Å². The molecule has 1 aliphatic heterocycles. The minimum Gasteiger partial charge on any atom is -0.349 e. The molecule has 0 unspecified atom stereocenters. The molecule has 7 nitrogen and oxygen atoms in total. The first-order chi connectivity index (χ1) is 10.1. The van der Waals surface area contributed by atoms with Gasteiger partial charge in [-0.1, -0.05) is 12.1 Å². The molecule has 0 aromatic heterocycles. The summed E-state index contributed by atoms with van der Waals surface area (Å²) in [6.07, 6.45) is 1.49. The van der Waals surface area contributed by atoms with Crippen molar-refractivity contribution in [3.05, 3.63) is 39.9 Å². The number of benzene rings is 1. The van der Waals surface area contributed by atoms with E-state index in [-0.39, 0.29) is 17.3 Å². The highest BCUT2D eigenvalue weighted by molar-refractivity contribution is 5.98. The summed E-state index contributed by atoms with van der Waals surface area (Å²) in [5.74, 6) is -0.416. The van der Waals surface area contributed by atoms with Crippen LogP contribution in [0, 0.1) is 21.4 Å². The van der Waals surface area contributed by atoms with Gasteiger partial charge >= 0.3 is 0 Å². The number of nitrogens with one attached hydrogen (secondary N) is 1. The van der Waals surface area contributed by atoms with Crippen molar-refractivity contribution in [1.82, 2.24) is 10.2 Å². The monoisotopic (exact) mass is 288 g/mol. The standard InChI is InChI=1S/C14H16N4O3/c15-7-10-17-8-5-11(6-9-17)16-14(19)12-3-1-2-4-13(12)18(20)21/h1-4,11H,5-6,8-10H2,(H,16,19). The van der Waals surface area contributed by atoms with Crippen LogP contribution in [-0.4, -0.2) is 41.4 Å². The van der Waals surface area contributed by atoms with Gasteiger partial charge in [0.05, 0.1) is 17.5 Å². The Bertz CT molecular complexity index is 574. The maximum Gasteiger partial charge on any atom is 0.282 e. The van der Waals surface area contributed by atoms with Crippen molar-refractivity contribution in [3.8, 4) is 6.07 Å². The third kappa shape index (κ3) is 3.77. The normalized spacial score (nSPS) is 16.1. The van der Waals surface area contributed by atoms with E-state index in [9.17, 15) is 14.9 Å². The number of piperidine rings is 1. The van der Waals surface area contributed by atoms with Crippen LogP contribution in [0.1, 0.15) is 23.2 Å². The smallest absolute Gasteiger partial charge is 0.282 e. The van der Waals surface area contributed by atoms with E-state index >= 15 is 0 Å². The van der Waals surface area contributed by atoms with Gasteiger partial charge in [-0.05, 0) is 18.9 Å². The lowest BCUT2D eigenvalue weighted by atomic mass is 10.0. The predicted octanol–water partition coefficient (Wildman–Crippen LogP) is 1.31. The van der Waals surface area contributed by atoms with E-state index in [2.05, 4.69) is 11.4 Å². The van der Waals surface area contributed by atoms with Crippen molar-refractivity contribution in [2.24, 2.45) is 0 Å². The molecule has 1 aromatic rings. The number of nitro benzene ring substituents is 1. The topological polar surface area (TPSA) is 99.3 Å². The molecule has 0 atom stereocenters. The Labute approximate surface area is 122 Å². The summed E-state index contributed by atoms with van der Waals surface area (Å²) in [6.45, 7) is 1.88. The highest BCUT2D eigenvalue weighted by atomic mass is 16.6. The van der Waals surface area contributed by atoms with Crippen LogP contribution in [0.25, 0.3) is 0 Å². The fourth-order valence-electron chi connectivity index (χ4n) is 2.42. The van der Waals surface area contributed by atoms with Crippen LogP contribution in [0.2, 0.25) is 0 Å². The lowest BCUT2D eigenvalue weighted by Gasteiger charge is -2.30. The molecule has 0 aliphatic carbocycles. The highest BCUT2D eigenvalue weighted by Gasteiger charge is 2.24. The molecule has 7 heteroatoms. The Morgan fingerprint density at radius 2 is 2.10 bits per heavy atom. The molecule has 21 heavy (non-hydrogen) atoms. The zero-order valence-electron chi connectivity index (χ0n) is 11.5. The molecule has 1 saturated heterocycles. The maximum absolute atomic E-state index is 12.2. The fourth-order valence-corrected chi connectivity index (χ4v) is 2.42. The maximum atomic E-state index is 12.2. The Hall–Kier alpha value is -2.46. The molecule has 1 aliphatic rings. The van der Waals surface area contributed by atoms with Gasteiger partial charge in [0.1, 0.15) is 5.56 Å². The Morgan fingerprint density at radius 3 is 2.71 bits per heavy atom. The van der Waals surface area contributed by atoms with Crippen molar-refractivity contribution in [3.63, 3.8) is 0 Å². The van der Waals surface area contributed by atoms with E-state index in [1.165, 1.54) is 18.2 Å². The second-order valence-electron chi connectivity index (χ2n) is 4.96. The van der Waals surface area contributed by atoms with Crippen LogP contribution >= 0.6 is 0 Å². The van der Waals surface area contributed by atoms with Gasteiger partial charge in [-0.15, -0.1) is 0 Å². The number of carbonyl (C=O) groups excluding carboxylic acids is 1. The zero-order valence-corrected chi connectivity index (χ0v) is 11.5. The van der Waals surface area contributed by atoms with Crippen LogP contribution in [0.3, 0.4) is 0 Å². The molecule has 1 fully saturated rings. The third-order valence-corrected chi connectivity index (χ3v) is 3.56. The van der Waals surface area contributed by atoms with E-state index in [0.717, 1.165) is 25.9 Å². The Kier molecular flexibility index (Phi) is 4.85. The van der Waals surface area contributed by atoms with Gasteiger partial charge in [0.25, 0.3) is 11.6 Å². The number of carbonyl (C=O) groups is 1. The predicted molar refractivity (Wildman–Crippen MR) is 75.6 cm³/mol. The Morgan fingerprint density at radius 1 is 1.43 bits per heavy atom. The SMILES string of the molecule is N#CCN1CCC(NC(=O)c2ccccc2[N+](=O)[O-])CC1. The van der Waals surface area contributed by atoms with Gasteiger partial charge in [0, 0.05) is 25.2 Å². The number of hydrogen-bond acceptors (Lipinski definition) is 5. The average molecular weight is 288 g/mol. The molecule has 0 saturated carbocycles. The summed E-state index contributed by atoms with van der Waals surface area (Å²) in [5, 5.41) is 22.4. The molecular weight excluding hydrogens is 272 g/mol. The lowest BCUT2D eigenvalue weighted by molar-refractivity contribution is -0.385. The molecule has 0 spiro atoms. The molecular formula is C14H16N4O3. The Balaban J connectivity index is 1.97. The first kappa shape index (κ1) is 14.9. The van der Waals surface area contributed by atoms with Crippen molar-refractivity contribution >= 4 is 11.6 Å². The molecule has 1 heterocycles. The number of nitrogens with zero attached hydrogens (tertiary/aromatic N) is 3. The summed E-state index contributed by atoms with van der Waals surface area (Å²) >= 11 is 0. The number of para-hydroxylation sites is 1. The van der Waals surface area contributed by atoms with Gasteiger partial charge in [-0.2, -0.15) is 5.26 Å². The molecule has 1 amide bonds. The number of nitro groups is 1. The van der Waals surface area contributed by atoms with Gasteiger partial charge in [-0.3, -0.25) is 19.8 Å². The fraction of sp³-hybridized carbons (Fsp3) is 0.429. The van der Waals surface area contributed by atoms with Crippen molar-refractivity contribution in [2.45, 2.75) is 18.9 Å². The summed E-state index contributed by atoms with van der Waals surface area (Å²) in [4.78, 5) is 24.6. The number of nitriles is 1. The molecule has 1 N–H and O–H groups in total. The van der Waals surface area contributed by atoms with Crippen molar-refractivity contribution < 1.29 is 9.72 Å². The van der Waals surface area contributed by atoms with Gasteiger partial charge in [-0.25, -0.2) is 0 Å². The molecule has 2 rings (SSSR count). The van der Waals surface area contributed by atoms with Crippen molar-refractivity contribution in [2.75, 3.05) is 19.6 Å². The molecule has 0 bridgehead atoms. The van der Waals surface area contributed by atoms with Crippen LogP contribution in [0.15, 0.2) is 24.3 Å². The minimum absolute atomic E-state index is 0.00717. The average Bonchev–Trinajstić information content (AvgIpc) is 2.49. The van der Waals surface area contributed by atoms with E-state index in [1.54, 1.807) is 6.07 Å². The second kappa shape index (κ2) is 6.81. The van der Waals surface area contributed by atoms with Crippen LogP contribution in [-0.2, 0) is 0 Å².